The van der Waals surface area contributed by atoms with Crippen molar-refractivity contribution >= 4 is 20.4 Å². The molecule has 0 saturated carbocycles. The molecule has 0 saturated heterocycles. The molecule has 0 heterocycles. The Labute approximate surface area is 182 Å². The summed E-state index contributed by atoms with van der Waals surface area (Å²) in [5.41, 5.74) is 0.974. The summed E-state index contributed by atoms with van der Waals surface area (Å²) in [7, 11) is -1.86. The summed E-state index contributed by atoms with van der Waals surface area (Å²) in [5.74, 6) is -0.974. The van der Waals surface area contributed by atoms with Crippen molar-refractivity contribution in [1.82, 2.24) is 4.90 Å². The average Bonchev–Trinajstić information content (AvgIpc) is 2.67. The second kappa shape index (κ2) is 12.1. The number of benzene rings is 1. The molecule has 1 amide bonds. The molecular formula is C23H39NO5Si. The summed E-state index contributed by atoms with van der Waals surface area (Å²) in [6.45, 7) is 15.0. The quantitative estimate of drug-likeness (QED) is 0.324. The van der Waals surface area contributed by atoms with E-state index in [9.17, 15) is 9.59 Å². The molecule has 1 aromatic rings. The van der Waals surface area contributed by atoms with Crippen molar-refractivity contribution in [1.29, 1.82) is 0 Å². The highest BCUT2D eigenvalue weighted by Crippen LogP contribution is 2.36. The van der Waals surface area contributed by atoms with Crippen LogP contribution in [-0.2, 0) is 15.8 Å². The summed E-state index contributed by atoms with van der Waals surface area (Å²) in [5, 5.41) is 9.10. The van der Waals surface area contributed by atoms with Gasteiger partial charge in [-0.1, -0.05) is 59.1 Å². The molecule has 170 valence electrons. The van der Waals surface area contributed by atoms with Crippen LogP contribution in [-0.4, -0.2) is 50.1 Å². The summed E-state index contributed by atoms with van der Waals surface area (Å²) in [6, 6.07) is 6.37. The molecule has 0 fully saturated rings. The van der Waals surface area contributed by atoms with Crippen molar-refractivity contribution < 1.29 is 23.9 Å². The van der Waals surface area contributed by atoms with Crippen LogP contribution >= 0.6 is 0 Å². The molecule has 1 rings (SSSR count). The van der Waals surface area contributed by atoms with Gasteiger partial charge in [0.1, 0.15) is 6.61 Å². The molecular weight excluding hydrogens is 398 g/mol. The Kier molecular flexibility index (Phi) is 10.6. The van der Waals surface area contributed by atoms with Gasteiger partial charge < -0.3 is 19.2 Å². The van der Waals surface area contributed by atoms with E-state index < -0.39 is 14.3 Å². The molecule has 0 bridgehead atoms. The lowest BCUT2D eigenvalue weighted by atomic mass is 10.1. The van der Waals surface area contributed by atoms with Crippen LogP contribution in [0.15, 0.2) is 24.3 Å². The third kappa shape index (κ3) is 8.88. The Morgan fingerprint density at radius 1 is 1.03 bits per heavy atom. The van der Waals surface area contributed by atoms with Gasteiger partial charge in [-0.15, -0.1) is 0 Å². The van der Waals surface area contributed by atoms with Crippen molar-refractivity contribution in [2.75, 3.05) is 19.7 Å². The van der Waals surface area contributed by atoms with Crippen LogP contribution < -0.4 is 0 Å². The van der Waals surface area contributed by atoms with Crippen molar-refractivity contribution in [3.63, 3.8) is 0 Å². The van der Waals surface area contributed by atoms with E-state index in [4.69, 9.17) is 14.3 Å². The van der Waals surface area contributed by atoms with Crippen LogP contribution in [0.4, 0.5) is 4.79 Å². The number of hydrogen-bond donors (Lipinski definition) is 1. The van der Waals surface area contributed by atoms with Gasteiger partial charge in [0.05, 0.1) is 12.2 Å². The van der Waals surface area contributed by atoms with Gasteiger partial charge >= 0.3 is 12.1 Å². The zero-order valence-corrected chi connectivity index (χ0v) is 20.5. The number of nitrogens with zero attached hydrogens (tertiary/aromatic N) is 1. The lowest BCUT2D eigenvalue weighted by molar-refractivity contribution is 0.0696. The van der Waals surface area contributed by atoms with Gasteiger partial charge in [-0.05, 0) is 42.2 Å². The molecule has 1 N–H and O–H groups in total. The standard InChI is InChI=1S/C23H39NO5Si/c1-7-8-9-10-15-24(16-17-29-30(5,6)23(2,3)4)22(27)28-18-19-11-13-20(14-12-19)21(25)26/h11-14H,7-10,15-18H2,1-6H3,(H,25,26). The Bertz CT molecular complexity index is 667. The largest absolute Gasteiger partial charge is 0.478 e. The molecule has 0 aromatic heterocycles. The summed E-state index contributed by atoms with van der Waals surface area (Å²) < 4.78 is 11.7. The maximum atomic E-state index is 12.7. The number of carbonyl (C=O) groups is 2. The highest BCUT2D eigenvalue weighted by molar-refractivity contribution is 6.74. The lowest BCUT2D eigenvalue weighted by Gasteiger charge is -2.36. The van der Waals surface area contributed by atoms with Crippen LogP contribution in [0.25, 0.3) is 0 Å². The summed E-state index contributed by atoms with van der Waals surface area (Å²) in [6.07, 6.45) is 3.97. The highest BCUT2D eigenvalue weighted by atomic mass is 28.4. The van der Waals surface area contributed by atoms with Crippen LogP contribution in [0.5, 0.6) is 0 Å². The first-order chi connectivity index (χ1) is 14.0. The van der Waals surface area contributed by atoms with E-state index in [1.807, 2.05) is 0 Å². The van der Waals surface area contributed by atoms with Gasteiger partial charge in [-0.3, -0.25) is 0 Å². The van der Waals surface area contributed by atoms with Crippen LogP contribution in [0, 0.1) is 0 Å². The third-order valence-corrected chi connectivity index (χ3v) is 10.3. The predicted molar refractivity (Wildman–Crippen MR) is 122 cm³/mol. The minimum absolute atomic E-state index is 0.118. The number of amides is 1. The Hall–Kier alpha value is -1.86. The number of carboxylic acids is 1. The molecule has 1 aromatic carbocycles. The molecule has 0 spiro atoms. The molecule has 0 unspecified atom stereocenters. The Morgan fingerprint density at radius 2 is 1.67 bits per heavy atom. The van der Waals surface area contributed by atoms with Crippen LogP contribution in [0.2, 0.25) is 18.1 Å². The normalized spacial score (nSPS) is 11.9. The number of carbonyl (C=O) groups excluding carboxylic acids is 1. The molecule has 0 aliphatic heterocycles. The van der Waals surface area contributed by atoms with E-state index in [1.165, 1.54) is 12.1 Å². The van der Waals surface area contributed by atoms with Crippen molar-refractivity contribution in [2.24, 2.45) is 0 Å². The van der Waals surface area contributed by atoms with Crippen LogP contribution in [0.3, 0.4) is 0 Å². The van der Waals surface area contributed by atoms with Gasteiger partial charge in [-0.25, -0.2) is 9.59 Å². The number of ether oxygens (including phenoxy) is 1. The lowest BCUT2D eigenvalue weighted by Crippen LogP contribution is -2.43. The monoisotopic (exact) mass is 437 g/mol. The SMILES string of the molecule is CCCCCCN(CCO[Si](C)(C)C(C)(C)C)C(=O)OCc1ccc(C(=O)O)cc1. The number of carboxylic acid groups (broad SMARTS) is 1. The van der Waals surface area contributed by atoms with Gasteiger partial charge in [0.15, 0.2) is 8.32 Å². The Morgan fingerprint density at radius 3 is 2.20 bits per heavy atom. The first kappa shape index (κ1) is 26.2. The van der Waals surface area contributed by atoms with Gasteiger partial charge in [0.25, 0.3) is 0 Å². The molecule has 0 atom stereocenters. The summed E-state index contributed by atoms with van der Waals surface area (Å²) >= 11 is 0. The first-order valence-electron chi connectivity index (χ1n) is 10.9. The highest BCUT2D eigenvalue weighted by Gasteiger charge is 2.37. The van der Waals surface area contributed by atoms with E-state index in [0.717, 1.165) is 31.2 Å². The third-order valence-electron chi connectivity index (χ3n) is 5.73. The minimum atomic E-state index is -1.86. The second-order valence-corrected chi connectivity index (χ2v) is 14.0. The number of rotatable bonds is 12. The van der Waals surface area contributed by atoms with E-state index in [1.54, 1.807) is 17.0 Å². The van der Waals surface area contributed by atoms with E-state index in [-0.39, 0.29) is 23.3 Å². The maximum Gasteiger partial charge on any atom is 0.410 e. The number of hydrogen-bond acceptors (Lipinski definition) is 4. The topological polar surface area (TPSA) is 76.1 Å². The predicted octanol–water partition coefficient (Wildman–Crippen LogP) is 5.93. The first-order valence-corrected chi connectivity index (χ1v) is 13.8. The fourth-order valence-electron chi connectivity index (χ4n) is 2.63. The van der Waals surface area contributed by atoms with E-state index in [2.05, 4.69) is 40.8 Å². The molecule has 0 aliphatic rings. The average molecular weight is 438 g/mol. The van der Waals surface area contributed by atoms with E-state index >= 15 is 0 Å². The molecule has 6 nitrogen and oxygen atoms in total. The van der Waals surface area contributed by atoms with Crippen molar-refractivity contribution in [2.45, 2.75) is 78.1 Å². The zero-order valence-electron chi connectivity index (χ0n) is 19.5. The molecule has 7 heteroatoms. The van der Waals surface area contributed by atoms with E-state index in [0.29, 0.717) is 19.7 Å². The second-order valence-electron chi connectivity index (χ2n) is 9.21. The molecule has 30 heavy (non-hydrogen) atoms. The van der Waals surface area contributed by atoms with Crippen molar-refractivity contribution in [3.05, 3.63) is 35.4 Å². The summed E-state index contributed by atoms with van der Waals surface area (Å²) in [4.78, 5) is 25.4. The van der Waals surface area contributed by atoms with Crippen molar-refractivity contribution in [3.8, 4) is 0 Å². The number of aromatic carboxylic acids is 1. The van der Waals surface area contributed by atoms with Crippen LogP contribution in [0.1, 0.15) is 69.3 Å². The fourth-order valence-corrected chi connectivity index (χ4v) is 3.67. The van der Waals surface area contributed by atoms with Gasteiger partial charge in [0, 0.05) is 13.1 Å². The Balaban J connectivity index is 2.63. The smallest absolute Gasteiger partial charge is 0.410 e. The zero-order chi connectivity index (χ0) is 22.8. The fraction of sp³-hybridized carbons (Fsp3) is 0.652. The van der Waals surface area contributed by atoms with Gasteiger partial charge in [-0.2, -0.15) is 0 Å². The molecule has 0 aliphatic carbocycles. The molecule has 0 radical (unpaired) electrons. The number of unbranched alkanes of at least 4 members (excludes halogenated alkanes) is 3. The van der Waals surface area contributed by atoms with Gasteiger partial charge in [0.2, 0.25) is 0 Å². The maximum absolute atomic E-state index is 12.7. The minimum Gasteiger partial charge on any atom is -0.478 e.